The molecule has 0 amide bonds. The third-order valence-corrected chi connectivity index (χ3v) is 1.07. The van der Waals surface area contributed by atoms with E-state index in [0.29, 0.717) is 5.96 Å². The quantitative estimate of drug-likeness (QED) is 0.435. The number of rotatable bonds is 2. The predicted molar refractivity (Wildman–Crippen MR) is 49.8 cm³/mol. The molecule has 0 unspecified atom stereocenters. The lowest BCUT2D eigenvalue weighted by Crippen LogP contribution is -2.16. The van der Waals surface area contributed by atoms with Crippen molar-refractivity contribution in [2.24, 2.45) is 9.98 Å². The fraction of sp³-hybridized carbons (Fsp3) is 0.250. The van der Waals surface area contributed by atoms with Gasteiger partial charge in [0, 0.05) is 25.7 Å². The van der Waals surface area contributed by atoms with Crippen LogP contribution in [0.15, 0.2) is 35.5 Å². The second-order valence-corrected chi connectivity index (χ2v) is 1.68. The van der Waals surface area contributed by atoms with Crippen LogP contribution in [0, 0.1) is 0 Å². The van der Waals surface area contributed by atoms with Gasteiger partial charge in [-0.25, -0.2) is 4.99 Å². The van der Waals surface area contributed by atoms with Crippen molar-refractivity contribution in [3.8, 4) is 0 Å². The molecule has 0 radical (unpaired) electrons. The first-order chi connectivity index (χ1) is 5.29. The summed E-state index contributed by atoms with van der Waals surface area (Å²) in [4.78, 5) is 9.55. The maximum absolute atomic E-state index is 3.99. The summed E-state index contributed by atoms with van der Waals surface area (Å²) >= 11 is 0. The summed E-state index contributed by atoms with van der Waals surface area (Å²) in [5.41, 5.74) is 0. The number of nitrogens with zero attached hydrogens (tertiary/aromatic N) is 3. The minimum absolute atomic E-state index is 0.581. The van der Waals surface area contributed by atoms with Gasteiger partial charge in [0.1, 0.15) is 0 Å². The van der Waals surface area contributed by atoms with Crippen molar-refractivity contribution in [3.05, 3.63) is 25.6 Å². The first kappa shape index (κ1) is 9.62. The molecule has 3 nitrogen and oxygen atoms in total. The SMILES string of the molecule is C=CN(C=C)C(/N=C\C)=N\C. The molecule has 0 atom stereocenters. The van der Waals surface area contributed by atoms with Gasteiger partial charge in [-0.1, -0.05) is 13.2 Å². The minimum Gasteiger partial charge on any atom is -0.294 e. The van der Waals surface area contributed by atoms with Crippen LogP contribution in [0.3, 0.4) is 0 Å². The van der Waals surface area contributed by atoms with E-state index in [2.05, 4.69) is 23.1 Å². The molecule has 0 saturated carbocycles. The van der Waals surface area contributed by atoms with Gasteiger partial charge in [-0.3, -0.25) is 9.89 Å². The number of hydrogen-bond donors (Lipinski definition) is 0. The summed E-state index contributed by atoms with van der Waals surface area (Å²) in [6.45, 7) is 8.99. The molecule has 0 aliphatic rings. The highest BCUT2D eigenvalue weighted by Gasteiger charge is 1.97. The molecule has 0 N–H and O–H groups in total. The van der Waals surface area contributed by atoms with Gasteiger partial charge in [-0.2, -0.15) is 0 Å². The van der Waals surface area contributed by atoms with Gasteiger partial charge in [0.15, 0.2) is 0 Å². The Hall–Kier alpha value is -1.38. The Morgan fingerprint density at radius 1 is 1.36 bits per heavy atom. The van der Waals surface area contributed by atoms with Crippen LogP contribution in [-0.4, -0.2) is 24.1 Å². The van der Waals surface area contributed by atoms with Gasteiger partial charge in [0.25, 0.3) is 0 Å². The van der Waals surface area contributed by atoms with Gasteiger partial charge >= 0.3 is 0 Å². The van der Waals surface area contributed by atoms with Crippen LogP contribution in [-0.2, 0) is 0 Å². The summed E-state index contributed by atoms with van der Waals surface area (Å²) in [6.07, 6.45) is 4.87. The molecular formula is C8H13N3. The Kier molecular flexibility index (Phi) is 4.73. The highest BCUT2D eigenvalue weighted by Crippen LogP contribution is 1.93. The smallest absolute Gasteiger partial charge is 0.228 e. The van der Waals surface area contributed by atoms with E-state index in [1.165, 1.54) is 0 Å². The van der Waals surface area contributed by atoms with Crippen LogP contribution in [0.1, 0.15) is 6.92 Å². The third-order valence-electron chi connectivity index (χ3n) is 1.07. The molecule has 0 aliphatic carbocycles. The van der Waals surface area contributed by atoms with Gasteiger partial charge in [0.2, 0.25) is 5.96 Å². The van der Waals surface area contributed by atoms with Crippen molar-refractivity contribution in [3.63, 3.8) is 0 Å². The number of guanidine groups is 1. The summed E-state index contributed by atoms with van der Waals surface area (Å²) in [6, 6.07) is 0. The first-order valence-electron chi connectivity index (χ1n) is 3.29. The third kappa shape index (κ3) is 2.80. The molecule has 0 aromatic rings. The molecule has 0 saturated heterocycles. The molecule has 0 bridgehead atoms. The highest BCUT2D eigenvalue weighted by atomic mass is 15.2. The fourth-order valence-corrected chi connectivity index (χ4v) is 0.593. The molecule has 0 aromatic heterocycles. The van der Waals surface area contributed by atoms with Crippen molar-refractivity contribution in [1.82, 2.24) is 4.90 Å². The van der Waals surface area contributed by atoms with E-state index in [0.717, 1.165) is 0 Å². The van der Waals surface area contributed by atoms with E-state index in [1.807, 2.05) is 6.92 Å². The van der Waals surface area contributed by atoms with Gasteiger partial charge < -0.3 is 0 Å². The van der Waals surface area contributed by atoms with Crippen molar-refractivity contribution in [1.29, 1.82) is 0 Å². The highest BCUT2D eigenvalue weighted by molar-refractivity contribution is 5.88. The fourth-order valence-electron chi connectivity index (χ4n) is 0.593. The van der Waals surface area contributed by atoms with Crippen LogP contribution in [0.4, 0.5) is 0 Å². The minimum atomic E-state index is 0.581. The molecule has 0 aliphatic heterocycles. The topological polar surface area (TPSA) is 28.0 Å². The van der Waals surface area contributed by atoms with Crippen LogP contribution in [0.25, 0.3) is 0 Å². The van der Waals surface area contributed by atoms with Crippen molar-refractivity contribution in [2.75, 3.05) is 7.05 Å². The van der Waals surface area contributed by atoms with E-state index in [1.54, 1.807) is 30.6 Å². The Bertz CT molecular complexity index is 184. The molecule has 0 aromatic carbocycles. The van der Waals surface area contributed by atoms with Crippen LogP contribution in [0.5, 0.6) is 0 Å². The molecule has 11 heavy (non-hydrogen) atoms. The maximum Gasteiger partial charge on any atom is 0.228 e. The molecule has 0 rings (SSSR count). The lowest BCUT2D eigenvalue weighted by molar-refractivity contribution is 0.751. The largest absolute Gasteiger partial charge is 0.294 e. The predicted octanol–water partition coefficient (Wildman–Crippen LogP) is 1.65. The summed E-state index contributed by atoms with van der Waals surface area (Å²) in [5, 5.41) is 0. The molecule has 0 spiro atoms. The van der Waals surface area contributed by atoms with Gasteiger partial charge in [0.05, 0.1) is 0 Å². The zero-order chi connectivity index (χ0) is 8.69. The van der Waals surface area contributed by atoms with Gasteiger partial charge in [-0.15, -0.1) is 0 Å². The lowest BCUT2D eigenvalue weighted by Gasteiger charge is -2.11. The van der Waals surface area contributed by atoms with E-state index < -0.39 is 0 Å². The lowest BCUT2D eigenvalue weighted by atomic mass is 10.7. The van der Waals surface area contributed by atoms with E-state index in [-0.39, 0.29) is 0 Å². The summed E-state index contributed by atoms with van der Waals surface area (Å²) in [5.74, 6) is 0.581. The molecule has 0 fully saturated rings. The van der Waals surface area contributed by atoms with Gasteiger partial charge in [-0.05, 0) is 6.92 Å². The first-order valence-corrected chi connectivity index (χ1v) is 3.29. The second kappa shape index (κ2) is 5.41. The normalized spacial score (nSPS) is 11.6. The Balaban J connectivity index is 4.47. The zero-order valence-electron chi connectivity index (χ0n) is 6.99. The Morgan fingerprint density at radius 2 is 1.91 bits per heavy atom. The van der Waals surface area contributed by atoms with E-state index >= 15 is 0 Å². The van der Waals surface area contributed by atoms with Crippen molar-refractivity contribution >= 4 is 12.2 Å². The van der Waals surface area contributed by atoms with E-state index in [9.17, 15) is 0 Å². The molecule has 0 heterocycles. The second-order valence-electron chi connectivity index (χ2n) is 1.68. The molecule has 3 heteroatoms. The zero-order valence-corrected chi connectivity index (χ0v) is 6.99. The van der Waals surface area contributed by atoms with Crippen molar-refractivity contribution < 1.29 is 0 Å². The summed E-state index contributed by atoms with van der Waals surface area (Å²) < 4.78 is 0. The molecular weight excluding hydrogens is 138 g/mol. The maximum atomic E-state index is 3.99. The number of hydrogen-bond acceptors (Lipinski definition) is 1. The standard InChI is InChI=1S/C8H13N3/c1-5-10-8(9-4)11(6-2)7-3/h5-7H,2-3H2,1,4H3/b9-8-,10-5-. The van der Waals surface area contributed by atoms with Crippen LogP contribution in [0.2, 0.25) is 0 Å². The van der Waals surface area contributed by atoms with Crippen molar-refractivity contribution in [2.45, 2.75) is 6.92 Å². The molecule has 60 valence electrons. The summed E-state index contributed by atoms with van der Waals surface area (Å²) in [7, 11) is 1.67. The number of aliphatic imine (C=N–C) groups is 2. The monoisotopic (exact) mass is 151 g/mol. The average Bonchev–Trinajstić information content (AvgIpc) is 2.05. The Labute approximate surface area is 67.5 Å². The van der Waals surface area contributed by atoms with E-state index in [4.69, 9.17) is 0 Å². The average molecular weight is 151 g/mol. The Morgan fingerprint density at radius 3 is 2.18 bits per heavy atom. The van der Waals surface area contributed by atoms with Crippen LogP contribution >= 0.6 is 0 Å². The van der Waals surface area contributed by atoms with Crippen LogP contribution < -0.4 is 0 Å².